The summed E-state index contributed by atoms with van der Waals surface area (Å²) in [6, 6.07) is 0. The Labute approximate surface area is 89.2 Å². The van der Waals surface area contributed by atoms with E-state index >= 15 is 0 Å². The molecule has 1 aromatic rings. The Morgan fingerprint density at radius 2 is 2.33 bits per heavy atom. The molecule has 0 fully saturated rings. The van der Waals surface area contributed by atoms with Gasteiger partial charge in [0.05, 0.1) is 12.3 Å². The first-order chi connectivity index (χ1) is 6.89. The van der Waals surface area contributed by atoms with Gasteiger partial charge in [0.2, 0.25) is 0 Å². The van der Waals surface area contributed by atoms with E-state index in [4.69, 9.17) is 10.5 Å². The Morgan fingerprint density at radius 1 is 1.73 bits per heavy atom. The molecule has 5 nitrogen and oxygen atoms in total. The third-order valence-electron chi connectivity index (χ3n) is 2.27. The number of esters is 1. The van der Waals surface area contributed by atoms with Crippen LogP contribution in [0.3, 0.4) is 0 Å². The topological polar surface area (TPSA) is 70.1 Å². The van der Waals surface area contributed by atoms with Crippen molar-refractivity contribution in [1.29, 1.82) is 0 Å². The van der Waals surface area contributed by atoms with E-state index in [1.54, 1.807) is 31.8 Å². The van der Waals surface area contributed by atoms with E-state index in [1.807, 2.05) is 6.92 Å². The number of nitrogens with zero attached hydrogens (tertiary/aromatic N) is 2. The van der Waals surface area contributed by atoms with Crippen molar-refractivity contribution in [2.45, 2.75) is 26.3 Å². The van der Waals surface area contributed by atoms with Gasteiger partial charge in [0.15, 0.2) is 0 Å². The van der Waals surface area contributed by atoms with Crippen molar-refractivity contribution in [3.63, 3.8) is 0 Å². The summed E-state index contributed by atoms with van der Waals surface area (Å²) < 4.78 is 6.56. The van der Waals surface area contributed by atoms with Crippen molar-refractivity contribution in [1.82, 2.24) is 9.78 Å². The highest BCUT2D eigenvalue weighted by Gasteiger charge is 2.35. The fourth-order valence-electron chi connectivity index (χ4n) is 1.50. The molecule has 1 aromatic heterocycles. The summed E-state index contributed by atoms with van der Waals surface area (Å²) in [4.78, 5) is 11.6. The molecule has 0 bridgehead atoms. The largest absolute Gasteiger partial charge is 0.464 e. The van der Waals surface area contributed by atoms with Crippen LogP contribution in [0.25, 0.3) is 0 Å². The minimum atomic E-state index is -1.13. The highest BCUT2D eigenvalue weighted by Crippen LogP contribution is 2.21. The maximum Gasteiger partial charge on any atom is 0.330 e. The second-order valence-electron chi connectivity index (χ2n) is 3.72. The van der Waals surface area contributed by atoms with Crippen LogP contribution in [0.5, 0.6) is 0 Å². The first kappa shape index (κ1) is 11.7. The summed E-state index contributed by atoms with van der Waals surface area (Å²) in [6.45, 7) is 5.53. The number of carbonyl (C=O) groups excluding carboxylic acids is 1. The fourth-order valence-corrected chi connectivity index (χ4v) is 1.50. The lowest BCUT2D eigenvalue weighted by Gasteiger charge is -2.21. The Hall–Kier alpha value is -1.36. The van der Waals surface area contributed by atoms with Gasteiger partial charge >= 0.3 is 5.97 Å². The fraction of sp³-hybridized carbons (Fsp3) is 0.600. The quantitative estimate of drug-likeness (QED) is 0.738. The SMILES string of the molecule is CCOC(=O)[C@@](C)(N)c1cn(C)nc1C. The number of hydrogen-bond donors (Lipinski definition) is 1. The van der Waals surface area contributed by atoms with Crippen LogP contribution >= 0.6 is 0 Å². The molecule has 0 unspecified atom stereocenters. The highest BCUT2D eigenvalue weighted by atomic mass is 16.5. The molecule has 0 aromatic carbocycles. The van der Waals surface area contributed by atoms with Crippen LogP contribution in [-0.2, 0) is 22.1 Å². The van der Waals surface area contributed by atoms with E-state index in [9.17, 15) is 4.79 Å². The lowest BCUT2D eigenvalue weighted by atomic mass is 9.94. The monoisotopic (exact) mass is 211 g/mol. The van der Waals surface area contributed by atoms with Gasteiger partial charge < -0.3 is 10.5 Å². The Kier molecular flexibility index (Phi) is 3.14. The minimum absolute atomic E-state index is 0.324. The molecule has 0 radical (unpaired) electrons. The van der Waals surface area contributed by atoms with E-state index < -0.39 is 11.5 Å². The van der Waals surface area contributed by atoms with Gasteiger partial charge in [0.1, 0.15) is 5.54 Å². The van der Waals surface area contributed by atoms with Gasteiger partial charge in [-0.3, -0.25) is 4.68 Å². The van der Waals surface area contributed by atoms with Crippen LogP contribution < -0.4 is 5.73 Å². The number of rotatable bonds is 3. The predicted molar refractivity (Wildman–Crippen MR) is 56.1 cm³/mol. The lowest BCUT2D eigenvalue weighted by Crippen LogP contribution is -2.43. The zero-order valence-electron chi connectivity index (χ0n) is 9.57. The van der Waals surface area contributed by atoms with Gasteiger partial charge in [-0.1, -0.05) is 0 Å². The highest BCUT2D eigenvalue weighted by molar-refractivity contribution is 5.82. The molecule has 84 valence electrons. The first-order valence-electron chi connectivity index (χ1n) is 4.86. The van der Waals surface area contributed by atoms with Gasteiger partial charge in [-0.05, 0) is 20.8 Å². The van der Waals surface area contributed by atoms with Crippen molar-refractivity contribution in [3.8, 4) is 0 Å². The van der Waals surface area contributed by atoms with E-state index in [0.717, 1.165) is 5.69 Å². The molecular weight excluding hydrogens is 194 g/mol. The number of carbonyl (C=O) groups is 1. The van der Waals surface area contributed by atoms with Crippen LogP contribution in [0, 0.1) is 6.92 Å². The molecule has 15 heavy (non-hydrogen) atoms. The van der Waals surface area contributed by atoms with E-state index in [1.165, 1.54) is 0 Å². The Morgan fingerprint density at radius 3 is 2.73 bits per heavy atom. The first-order valence-corrected chi connectivity index (χ1v) is 4.86. The van der Waals surface area contributed by atoms with Gasteiger partial charge in [0.25, 0.3) is 0 Å². The van der Waals surface area contributed by atoms with Crippen molar-refractivity contribution >= 4 is 5.97 Å². The molecule has 0 saturated carbocycles. The van der Waals surface area contributed by atoms with Crippen LogP contribution in [0.2, 0.25) is 0 Å². The minimum Gasteiger partial charge on any atom is -0.464 e. The molecular formula is C10H17N3O2. The van der Waals surface area contributed by atoms with Crippen LogP contribution in [0.15, 0.2) is 6.20 Å². The predicted octanol–water partition coefficient (Wildman–Crippen LogP) is 0.466. The maximum absolute atomic E-state index is 11.6. The number of aryl methyl sites for hydroxylation is 2. The van der Waals surface area contributed by atoms with Crippen LogP contribution in [-0.4, -0.2) is 22.4 Å². The summed E-state index contributed by atoms with van der Waals surface area (Å²) in [5.74, 6) is -0.430. The summed E-state index contributed by atoms with van der Waals surface area (Å²) in [7, 11) is 1.79. The van der Waals surface area contributed by atoms with E-state index in [2.05, 4.69) is 5.10 Å². The second kappa shape index (κ2) is 4.02. The normalized spacial score (nSPS) is 14.7. The van der Waals surface area contributed by atoms with Gasteiger partial charge in [-0.15, -0.1) is 0 Å². The zero-order chi connectivity index (χ0) is 11.6. The van der Waals surface area contributed by atoms with Crippen molar-refractivity contribution < 1.29 is 9.53 Å². The average molecular weight is 211 g/mol. The van der Waals surface area contributed by atoms with E-state index in [-0.39, 0.29) is 0 Å². The van der Waals surface area contributed by atoms with Crippen molar-refractivity contribution in [2.24, 2.45) is 12.8 Å². The average Bonchev–Trinajstić information content (AvgIpc) is 2.46. The molecule has 0 aliphatic heterocycles. The number of hydrogen-bond acceptors (Lipinski definition) is 4. The van der Waals surface area contributed by atoms with Gasteiger partial charge in [-0.25, -0.2) is 4.79 Å². The molecule has 0 amide bonds. The summed E-state index contributed by atoms with van der Waals surface area (Å²) in [5.41, 5.74) is 6.27. The maximum atomic E-state index is 11.6. The molecule has 0 saturated heterocycles. The van der Waals surface area contributed by atoms with Crippen LogP contribution in [0.4, 0.5) is 0 Å². The summed E-state index contributed by atoms with van der Waals surface area (Å²) >= 11 is 0. The lowest BCUT2D eigenvalue weighted by molar-refractivity contribution is -0.149. The van der Waals surface area contributed by atoms with Crippen molar-refractivity contribution in [2.75, 3.05) is 6.61 Å². The Balaban J connectivity index is 3.04. The molecule has 0 aliphatic carbocycles. The molecule has 5 heteroatoms. The van der Waals surface area contributed by atoms with Gasteiger partial charge in [0, 0.05) is 18.8 Å². The summed E-state index contributed by atoms with van der Waals surface area (Å²) in [5, 5.41) is 4.15. The molecule has 1 heterocycles. The standard InChI is InChI=1S/C10H17N3O2/c1-5-15-9(14)10(3,11)8-6-13(4)12-7(8)2/h6H,5,11H2,1-4H3/t10-/m0/s1. The van der Waals surface area contributed by atoms with Crippen LogP contribution in [0.1, 0.15) is 25.1 Å². The van der Waals surface area contributed by atoms with Gasteiger partial charge in [-0.2, -0.15) is 5.10 Å². The molecule has 0 aliphatic rings. The Bertz CT molecular complexity index is 369. The molecule has 0 spiro atoms. The third kappa shape index (κ3) is 2.18. The number of aromatic nitrogens is 2. The number of nitrogens with two attached hydrogens (primary N) is 1. The molecule has 1 atom stereocenters. The summed E-state index contributed by atoms with van der Waals surface area (Å²) in [6.07, 6.45) is 1.74. The molecule has 2 N–H and O–H groups in total. The third-order valence-corrected chi connectivity index (χ3v) is 2.27. The smallest absolute Gasteiger partial charge is 0.330 e. The van der Waals surface area contributed by atoms with Crippen molar-refractivity contribution in [3.05, 3.63) is 17.5 Å². The molecule has 1 rings (SSSR count). The second-order valence-corrected chi connectivity index (χ2v) is 3.72. The zero-order valence-corrected chi connectivity index (χ0v) is 9.57. The van der Waals surface area contributed by atoms with E-state index in [0.29, 0.717) is 12.2 Å². The number of ether oxygens (including phenoxy) is 1.